The monoisotopic (exact) mass is 206 g/mol. The lowest BCUT2D eigenvalue weighted by Crippen LogP contribution is -2.49. The fourth-order valence-corrected chi connectivity index (χ4v) is 1.81. The fourth-order valence-electron chi connectivity index (χ4n) is 1.81. The third kappa shape index (κ3) is 3.02. The molecule has 0 amide bonds. The Morgan fingerprint density at radius 2 is 2.13 bits per heavy atom. The van der Waals surface area contributed by atoms with Gasteiger partial charge in [-0.2, -0.15) is 0 Å². The van der Waals surface area contributed by atoms with E-state index in [-0.39, 0.29) is 12.1 Å². The Kier molecular flexibility index (Phi) is 3.72. The van der Waals surface area contributed by atoms with E-state index in [0.717, 1.165) is 19.5 Å². The van der Waals surface area contributed by atoms with Crippen molar-refractivity contribution in [1.82, 2.24) is 5.32 Å². The minimum Gasteiger partial charge on any atom is -0.371 e. The number of piperidine rings is 1. The Morgan fingerprint density at radius 1 is 1.33 bits per heavy atom. The first-order valence-electron chi connectivity index (χ1n) is 5.48. The van der Waals surface area contributed by atoms with Crippen molar-refractivity contribution in [3.8, 4) is 0 Å². The van der Waals surface area contributed by atoms with E-state index < -0.39 is 0 Å². The molecular weight excluding hydrogens is 188 g/mol. The van der Waals surface area contributed by atoms with E-state index in [0.29, 0.717) is 6.61 Å². The minimum atomic E-state index is 0.152. The number of hydrogen-bond donors (Lipinski definition) is 2. The molecule has 1 heterocycles. The maximum absolute atomic E-state index is 5.98. The average molecular weight is 206 g/mol. The van der Waals surface area contributed by atoms with Crippen LogP contribution in [0.15, 0.2) is 30.3 Å². The predicted molar refractivity (Wildman–Crippen MR) is 60.5 cm³/mol. The normalized spacial score (nSPS) is 26.5. The van der Waals surface area contributed by atoms with Crippen molar-refractivity contribution in [3.05, 3.63) is 35.9 Å². The van der Waals surface area contributed by atoms with Crippen LogP contribution in [0, 0.1) is 0 Å². The third-order valence-corrected chi connectivity index (χ3v) is 2.78. The first-order valence-corrected chi connectivity index (χ1v) is 5.48. The van der Waals surface area contributed by atoms with Crippen LogP contribution in [0.1, 0.15) is 12.0 Å². The molecule has 2 rings (SSSR count). The lowest BCUT2D eigenvalue weighted by Gasteiger charge is -2.29. The maximum atomic E-state index is 5.98. The van der Waals surface area contributed by atoms with Gasteiger partial charge in [-0.25, -0.2) is 0 Å². The Morgan fingerprint density at radius 3 is 2.87 bits per heavy atom. The predicted octanol–water partition coefficient (Wildman–Crippen LogP) is 0.892. The van der Waals surface area contributed by atoms with E-state index in [4.69, 9.17) is 10.5 Å². The summed E-state index contributed by atoms with van der Waals surface area (Å²) in [7, 11) is 0. The summed E-state index contributed by atoms with van der Waals surface area (Å²) in [6.45, 7) is 2.53. The van der Waals surface area contributed by atoms with Crippen LogP contribution < -0.4 is 11.1 Å². The zero-order valence-corrected chi connectivity index (χ0v) is 8.86. The molecule has 2 unspecified atom stereocenters. The Bertz CT molecular complexity index is 289. The average Bonchev–Trinajstić information content (AvgIpc) is 2.29. The molecule has 1 aromatic rings. The van der Waals surface area contributed by atoms with Crippen molar-refractivity contribution in [2.24, 2.45) is 5.73 Å². The van der Waals surface area contributed by atoms with Gasteiger partial charge in [-0.05, 0) is 18.5 Å². The lowest BCUT2D eigenvalue weighted by molar-refractivity contribution is 0.0126. The van der Waals surface area contributed by atoms with Crippen LogP contribution in [0.5, 0.6) is 0 Å². The fraction of sp³-hybridized carbons (Fsp3) is 0.500. The van der Waals surface area contributed by atoms with Gasteiger partial charge in [0, 0.05) is 12.6 Å². The van der Waals surface area contributed by atoms with Crippen molar-refractivity contribution >= 4 is 0 Å². The van der Waals surface area contributed by atoms with Gasteiger partial charge < -0.3 is 15.8 Å². The Hall–Kier alpha value is -0.900. The molecule has 0 saturated carbocycles. The minimum absolute atomic E-state index is 0.152. The number of hydrogen-bond acceptors (Lipinski definition) is 3. The SMILES string of the molecule is NC1CCNCC1OCc1ccccc1. The number of ether oxygens (including phenoxy) is 1. The third-order valence-electron chi connectivity index (χ3n) is 2.78. The lowest BCUT2D eigenvalue weighted by atomic mass is 10.0. The molecule has 82 valence electrons. The molecule has 0 radical (unpaired) electrons. The van der Waals surface area contributed by atoms with Gasteiger partial charge in [0.05, 0.1) is 12.7 Å². The van der Waals surface area contributed by atoms with E-state index in [2.05, 4.69) is 17.4 Å². The van der Waals surface area contributed by atoms with Crippen molar-refractivity contribution in [1.29, 1.82) is 0 Å². The molecule has 1 fully saturated rings. The summed E-state index contributed by atoms with van der Waals surface area (Å²) in [6.07, 6.45) is 1.15. The van der Waals surface area contributed by atoms with Gasteiger partial charge in [0.1, 0.15) is 0 Å². The van der Waals surface area contributed by atoms with E-state index in [1.807, 2.05) is 18.2 Å². The van der Waals surface area contributed by atoms with Gasteiger partial charge in [0.2, 0.25) is 0 Å². The summed E-state index contributed by atoms with van der Waals surface area (Å²) in [6, 6.07) is 10.4. The number of benzene rings is 1. The van der Waals surface area contributed by atoms with Crippen LogP contribution in [-0.4, -0.2) is 25.2 Å². The molecule has 1 aliphatic heterocycles. The largest absolute Gasteiger partial charge is 0.371 e. The number of nitrogens with two attached hydrogens (primary N) is 1. The van der Waals surface area contributed by atoms with Gasteiger partial charge in [-0.3, -0.25) is 0 Å². The molecule has 0 spiro atoms. The molecular formula is C12H18N2O. The van der Waals surface area contributed by atoms with Crippen molar-refractivity contribution in [2.45, 2.75) is 25.2 Å². The van der Waals surface area contributed by atoms with E-state index in [1.165, 1.54) is 5.56 Å². The Labute approximate surface area is 90.6 Å². The molecule has 0 aliphatic carbocycles. The second-order valence-electron chi connectivity index (χ2n) is 3.99. The second-order valence-corrected chi connectivity index (χ2v) is 3.99. The van der Waals surface area contributed by atoms with Crippen LogP contribution in [0.4, 0.5) is 0 Å². The first kappa shape index (κ1) is 10.6. The molecule has 1 aromatic carbocycles. The van der Waals surface area contributed by atoms with E-state index >= 15 is 0 Å². The Balaban J connectivity index is 1.82. The van der Waals surface area contributed by atoms with Crippen molar-refractivity contribution in [2.75, 3.05) is 13.1 Å². The van der Waals surface area contributed by atoms with Crippen LogP contribution in [0.2, 0.25) is 0 Å². The van der Waals surface area contributed by atoms with Crippen molar-refractivity contribution < 1.29 is 4.74 Å². The van der Waals surface area contributed by atoms with Gasteiger partial charge in [0.15, 0.2) is 0 Å². The van der Waals surface area contributed by atoms with Crippen molar-refractivity contribution in [3.63, 3.8) is 0 Å². The summed E-state index contributed by atoms with van der Waals surface area (Å²) >= 11 is 0. The summed E-state index contributed by atoms with van der Waals surface area (Å²) in [4.78, 5) is 0. The van der Waals surface area contributed by atoms with Crippen LogP contribution in [0.25, 0.3) is 0 Å². The first-order chi connectivity index (χ1) is 7.36. The van der Waals surface area contributed by atoms with Crippen LogP contribution in [-0.2, 0) is 11.3 Å². The molecule has 1 aliphatic rings. The molecule has 3 N–H and O–H groups in total. The van der Waals surface area contributed by atoms with Gasteiger partial charge in [0.25, 0.3) is 0 Å². The highest BCUT2D eigenvalue weighted by molar-refractivity contribution is 5.13. The molecule has 15 heavy (non-hydrogen) atoms. The standard InChI is InChI=1S/C12H18N2O/c13-11-6-7-14-8-12(11)15-9-10-4-2-1-3-5-10/h1-5,11-12,14H,6-9,13H2. The molecule has 0 aromatic heterocycles. The highest BCUT2D eigenvalue weighted by Gasteiger charge is 2.21. The molecule has 0 bridgehead atoms. The van der Waals surface area contributed by atoms with Gasteiger partial charge >= 0.3 is 0 Å². The summed E-state index contributed by atoms with van der Waals surface area (Å²) in [5.41, 5.74) is 7.18. The molecule has 2 atom stereocenters. The van der Waals surface area contributed by atoms with Crippen LogP contribution >= 0.6 is 0 Å². The molecule has 1 saturated heterocycles. The van der Waals surface area contributed by atoms with Crippen LogP contribution in [0.3, 0.4) is 0 Å². The smallest absolute Gasteiger partial charge is 0.0855 e. The second kappa shape index (κ2) is 5.26. The topological polar surface area (TPSA) is 47.3 Å². The highest BCUT2D eigenvalue weighted by Crippen LogP contribution is 2.09. The van der Waals surface area contributed by atoms with E-state index in [1.54, 1.807) is 0 Å². The summed E-state index contributed by atoms with van der Waals surface area (Å²) < 4.78 is 5.79. The number of nitrogens with one attached hydrogen (secondary N) is 1. The number of rotatable bonds is 3. The quantitative estimate of drug-likeness (QED) is 0.772. The zero-order chi connectivity index (χ0) is 10.5. The summed E-state index contributed by atoms with van der Waals surface area (Å²) in [5, 5.41) is 3.30. The zero-order valence-electron chi connectivity index (χ0n) is 8.86. The van der Waals surface area contributed by atoms with E-state index in [9.17, 15) is 0 Å². The highest BCUT2D eigenvalue weighted by atomic mass is 16.5. The maximum Gasteiger partial charge on any atom is 0.0855 e. The van der Waals surface area contributed by atoms with Gasteiger partial charge in [-0.1, -0.05) is 30.3 Å². The van der Waals surface area contributed by atoms with Gasteiger partial charge in [-0.15, -0.1) is 0 Å². The molecule has 3 heteroatoms. The summed E-state index contributed by atoms with van der Waals surface area (Å²) in [5.74, 6) is 0. The molecule has 3 nitrogen and oxygen atoms in total.